The molecule has 4 rings (SSSR count). The number of fused-ring (bicyclic) bond motifs is 1. The van der Waals surface area contributed by atoms with Gasteiger partial charge < -0.3 is 24.6 Å². The molecule has 178 valence electrons. The van der Waals surface area contributed by atoms with Crippen LogP contribution in [0.2, 0.25) is 0 Å². The van der Waals surface area contributed by atoms with Crippen LogP contribution in [0.4, 0.5) is 14.6 Å². The molecule has 34 heavy (non-hydrogen) atoms. The molecule has 2 heterocycles. The van der Waals surface area contributed by atoms with Gasteiger partial charge in [0.25, 0.3) is 0 Å². The number of rotatable bonds is 9. The summed E-state index contributed by atoms with van der Waals surface area (Å²) in [5.41, 5.74) is 2.13. The zero-order valence-corrected chi connectivity index (χ0v) is 18.9. The molecule has 0 spiro atoms. The van der Waals surface area contributed by atoms with Crippen LogP contribution in [0.5, 0.6) is 17.2 Å². The van der Waals surface area contributed by atoms with Crippen molar-refractivity contribution in [3.05, 3.63) is 53.9 Å². The Morgan fingerprint density at radius 2 is 1.94 bits per heavy atom. The molecular weight excluding hydrogens is 468 g/mol. The summed E-state index contributed by atoms with van der Waals surface area (Å²) in [4.78, 5) is 20.5. The Balaban J connectivity index is 1.48. The highest BCUT2D eigenvalue weighted by molar-refractivity contribution is 7.98. The Bertz CT molecular complexity index is 1200. The largest absolute Gasteiger partial charge is 0.486 e. The van der Waals surface area contributed by atoms with Crippen molar-refractivity contribution in [3.63, 3.8) is 0 Å². The van der Waals surface area contributed by atoms with Crippen molar-refractivity contribution < 1.29 is 32.9 Å². The van der Waals surface area contributed by atoms with Crippen LogP contribution in [0.15, 0.2) is 47.6 Å². The molecule has 1 aliphatic rings. The molecular formula is C23H21F2N3O5S. The van der Waals surface area contributed by atoms with Crippen LogP contribution in [-0.2, 0) is 6.42 Å². The summed E-state index contributed by atoms with van der Waals surface area (Å²) in [6, 6.07) is 9.81. The first-order valence-corrected chi connectivity index (χ1v) is 11.5. The predicted octanol–water partition coefficient (Wildman–Crippen LogP) is 4.59. The molecule has 0 unspecified atom stereocenters. The minimum absolute atomic E-state index is 0.0348. The van der Waals surface area contributed by atoms with E-state index in [2.05, 4.69) is 20.0 Å². The van der Waals surface area contributed by atoms with E-state index in [9.17, 15) is 18.7 Å². The average Bonchev–Trinajstić information content (AvgIpc) is 2.83. The smallest absolute Gasteiger partial charge is 0.387 e. The van der Waals surface area contributed by atoms with Gasteiger partial charge in [0.15, 0.2) is 11.5 Å². The topological polar surface area (TPSA) is 103 Å². The molecule has 0 fully saturated rings. The van der Waals surface area contributed by atoms with Crippen LogP contribution in [0.1, 0.15) is 15.9 Å². The molecule has 0 saturated heterocycles. The van der Waals surface area contributed by atoms with Gasteiger partial charge in [-0.2, -0.15) is 8.78 Å². The monoisotopic (exact) mass is 489 g/mol. The van der Waals surface area contributed by atoms with Gasteiger partial charge in [-0.15, -0.1) is 11.8 Å². The van der Waals surface area contributed by atoms with Gasteiger partial charge in [-0.05, 0) is 30.9 Å². The first-order chi connectivity index (χ1) is 16.4. The number of thioether (sulfide) groups is 1. The summed E-state index contributed by atoms with van der Waals surface area (Å²) < 4.78 is 41.4. The first kappa shape index (κ1) is 23.6. The van der Waals surface area contributed by atoms with Crippen molar-refractivity contribution in [1.82, 2.24) is 9.97 Å². The normalized spacial score (nSPS) is 12.5. The lowest BCUT2D eigenvalue weighted by atomic mass is 10.1. The standard InChI is InChI=1S/C23H21F2N3O5S/c1-34-20-9-13(2-3-15(20)22(29)30)16-10-21(28-12-27-16)26-5-4-14-8-18-19(32-7-6-31-18)11-17(14)33-23(24)25/h2-3,8-12,23H,4-7H2,1H3,(H,29,30)(H,26,27,28). The minimum atomic E-state index is -2.96. The zero-order valence-electron chi connectivity index (χ0n) is 18.1. The lowest BCUT2D eigenvalue weighted by Crippen LogP contribution is -2.17. The number of nitrogens with one attached hydrogen (secondary N) is 1. The number of alkyl halides is 2. The Morgan fingerprint density at radius 1 is 1.18 bits per heavy atom. The van der Waals surface area contributed by atoms with Crippen LogP contribution >= 0.6 is 11.8 Å². The molecule has 2 N–H and O–H groups in total. The quantitative estimate of drug-likeness (QED) is 0.418. The molecule has 0 aliphatic carbocycles. The van der Waals surface area contributed by atoms with Gasteiger partial charge >= 0.3 is 12.6 Å². The van der Waals surface area contributed by atoms with Gasteiger partial charge in [0.05, 0.1) is 11.3 Å². The fourth-order valence-electron chi connectivity index (χ4n) is 3.48. The molecule has 0 bridgehead atoms. The maximum atomic E-state index is 12.9. The highest BCUT2D eigenvalue weighted by Gasteiger charge is 2.19. The third-order valence-corrected chi connectivity index (χ3v) is 5.81. The predicted molar refractivity (Wildman–Crippen MR) is 122 cm³/mol. The van der Waals surface area contributed by atoms with Gasteiger partial charge in [0.2, 0.25) is 0 Å². The Hall–Kier alpha value is -3.60. The van der Waals surface area contributed by atoms with E-state index in [4.69, 9.17) is 9.47 Å². The van der Waals surface area contributed by atoms with Gasteiger partial charge in [-0.25, -0.2) is 14.8 Å². The maximum absolute atomic E-state index is 12.9. The third kappa shape index (κ3) is 5.48. The number of nitrogens with zero attached hydrogens (tertiary/aromatic N) is 2. The van der Waals surface area contributed by atoms with Crippen LogP contribution in [0, 0.1) is 0 Å². The summed E-state index contributed by atoms with van der Waals surface area (Å²) in [6.07, 6.45) is 3.57. The van der Waals surface area contributed by atoms with E-state index in [0.29, 0.717) is 59.6 Å². The number of carboxylic acids is 1. The molecule has 0 atom stereocenters. The molecule has 0 radical (unpaired) electrons. The summed E-state index contributed by atoms with van der Waals surface area (Å²) in [7, 11) is 0. The maximum Gasteiger partial charge on any atom is 0.387 e. The molecule has 11 heteroatoms. The number of hydrogen-bond donors (Lipinski definition) is 2. The van der Waals surface area contributed by atoms with Crippen LogP contribution in [-0.4, -0.2) is 53.7 Å². The number of halogens is 2. The van der Waals surface area contributed by atoms with E-state index in [0.717, 1.165) is 5.56 Å². The van der Waals surface area contributed by atoms with Crippen molar-refractivity contribution in [2.75, 3.05) is 31.3 Å². The number of aromatic nitrogens is 2. The van der Waals surface area contributed by atoms with Crippen molar-refractivity contribution in [1.29, 1.82) is 0 Å². The summed E-state index contributed by atoms with van der Waals surface area (Å²) in [5, 5.41) is 12.5. The fraction of sp³-hybridized carbons (Fsp3) is 0.261. The lowest BCUT2D eigenvalue weighted by Gasteiger charge is -2.21. The molecule has 3 aromatic rings. The van der Waals surface area contributed by atoms with Crippen molar-refractivity contribution in [2.24, 2.45) is 0 Å². The van der Waals surface area contributed by atoms with E-state index in [1.165, 1.54) is 24.2 Å². The number of ether oxygens (including phenoxy) is 3. The summed E-state index contributed by atoms with van der Waals surface area (Å²) in [6.45, 7) is -1.86. The Morgan fingerprint density at radius 3 is 2.65 bits per heavy atom. The Labute approximate surface area is 198 Å². The highest BCUT2D eigenvalue weighted by atomic mass is 32.2. The second-order valence-corrected chi connectivity index (χ2v) is 8.02. The van der Waals surface area contributed by atoms with Crippen LogP contribution in [0.25, 0.3) is 11.3 Å². The first-order valence-electron chi connectivity index (χ1n) is 10.3. The van der Waals surface area contributed by atoms with Crippen molar-refractivity contribution >= 4 is 23.5 Å². The molecule has 0 amide bonds. The number of carbonyl (C=O) groups is 1. The lowest BCUT2D eigenvalue weighted by molar-refractivity contribution is -0.0506. The van der Waals surface area contributed by atoms with Gasteiger partial charge in [0, 0.05) is 34.7 Å². The van der Waals surface area contributed by atoms with E-state index in [1.54, 1.807) is 30.3 Å². The average molecular weight is 490 g/mol. The second-order valence-electron chi connectivity index (χ2n) is 7.17. The van der Waals surface area contributed by atoms with Crippen molar-refractivity contribution in [2.45, 2.75) is 17.9 Å². The van der Waals surface area contributed by atoms with E-state index in [1.807, 2.05) is 6.26 Å². The molecule has 1 aliphatic heterocycles. The molecule has 8 nitrogen and oxygen atoms in total. The van der Waals surface area contributed by atoms with Crippen LogP contribution in [0.3, 0.4) is 0 Å². The number of hydrogen-bond acceptors (Lipinski definition) is 8. The number of benzene rings is 2. The Kier molecular flexibility index (Phi) is 7.31. The van der Waals surface area contributed by atoms with Gasteiger partial charge in [-0.1, -0.05) is 6.07 Å². The summed E-state index contributed by atoms with van der Waals surface area (Å²) in [5.74, 6) is 0.439. The molecule has 0 saturated carbocycles. The van der Waals surface area contributed by atoms with E-state index < -0.39 is 12.6 Å². The second kappa shape index (κ2) is 10.6. The number of carboxylic acid groups (broad SMARTS) is 1. The van der Waals surface area contributed by atoms with Gasteiger partial charge in [0.1, 0.15) is 31.1 Å². The zero-order chi connectivity index (χ0) is 24.1. The van der Waals surface area contributed by atoms with Gasteiger partial charge in [-0.3, -0.25) is 0 Å². The number of aromatic carboxylic acids is 1. The third-order valence-electron chi connectivity index (χ3n) is 5.04. The van der Waals surface area contributed by atoms with E-state index in [-0.39, 0.29) is 11.3 Å². The molecule has 2 aromatic carbocycles. The van der Waals surface area contributed by atoms with Crippen LogP contribution < -0.4 is 19.5 Å². The number of anilines is 1. The van der Waals surface area contributed by atoms with Crippen molar-refractivity contribution in [3.8, 4) is 28.5 Å². The SMILES string of the molecule is CSc1cc(-c2cc(NCCc3cc4c(cc3OC(F)F)OCCO4)ncn2)ccc1C(=O)O. The summed E-state index contributed by atoms with van der Waals surface area (Å²) >= 11 is 1.34. The molecule has 1 aromatic heterocycles. The highest BCUT2D eigenvalue weighted by Crippen LogP contribution is 2.37. The van der Waals surface area contributed by atoms with E-state index >= 15 is 0 Å². The fourth-order valence-corrected chi connectivity index (χ4v) is 4.10. The minimum Gasteiger partial charge on any atom is -0.486 e.